The van der Waals surface area contributed by atoms with Crippen molar-refractivity contribution in [1.82, 2.24) is 5.32 Å². The molecular weight excluding hydrogens is 246 g/mol. The average Bonchev–Trinajstić information content (AvgIpc) is 2.29. The normalized spacial score (nSPS) is 13.5. The van der Waals surface area contributed by atoms with Crippen molar-refractivity contribution < 1.29 is 8.42 Å². The topological polar surface area (TPSA) is 46.2 Å². The molecule has 0 unspecified atom stereocenters. The predicted molar refractivity (Wildman–Crippen MR) is 76.5 cm³/mol. The van der Waals surface area contributed by atoms with E-state index >= 15 is 0 Å². The van der Waals surface area contributed by atoms with Crippen molar-refractivity contribution in [3.05, 3.63) is 35.4 Å². The van der Waals surface area contributed by atoms with Crippen LogP contribution in [-0.2, 0) is 9.84 Å². The summed E-state index contributed by atoms with van der Waals surface area (Å²) in [6, 6.07) is 8.35. The van der Waals surface area contributed by atoms with Gasteiger partial charge in [-0.3, -0.25) is 0 Å². The van der Waals surface area contributed by atoms with Crippen LogP contribution in [0.1, 0.15) is 37.4 Å². The fourth-order valence-electron chi connectivity index (χ4n) is 2.03. The van der Waals surface area contributed by atoms with Crippen molar-refractivity contribution in [2.75, 3.05) is 18.1 Å². The van der Waals surface area contributed by atoms with Crippen molar-refractivity contribution >= 4 is 9.84 Å². The van der Waals surface area contributed by atoms with E-state index in [9.17, 15) is 8.42 Å². The van der Waals surface area contributed by atoms with E-state index in [0.717, 1.165) is 0 Å². The Bertz CT molecular complexity index is 468. The van der Waals surface area contributed by atoms with Crippen LogP contribution in [0.5, 0.6) is 0 Å². The van der Waals surface area contributed by atoms with Crippen molar-refractivity contribution in [3.8, 4) is 0 Å². The van der Waals surface area contributed by atoms with E-state index in [4.69, 9.17) is 0 Å². The van der Waals surface area contributed by atoms with E-state index in [1.165, 1.54) is 11.1 Å². The third kappa shape index (κ3) is 4.78. The predicted octanol–water partition coefficient (Wildman–Crippen LogP) is 2.47. The molecule has 102 valence electrons. The molecule has 1 aromatic carbocycles. The molecule has 1 N–H and O–H groups in total. The summed E-state index contributed by atoms with van der Waals surface area (Å²) in [5, 5.41) is 3.28. The lowest BCUT2D eigenvalue weighted by atomic mass is 10.0. The zero-order valence-electron chi connectivity index (χ0n) is 11.4. The summed E-state index contributed by atoms with van der Waals surface area (Å²) in [5.74, 6) is 0.504. The third-order valence-corrected chi connectivity index (χ3v) is 4.89. The SMILES string of the molecule is CCCS(=O)(=O)CCN[C@H](C)c1ccccc1C. The lowest BCUT2D eigenvalue weighted by molar-refractivity contribution is 0.570. The van der Waals surface area contributed by atoms with Gasteiger partial charge in [-0.2, -0.15) is 0 Å². The molecule has 0 bridgehead atoms. The molecular formula is C14H23NO2S. The number of nitrogens with one attached hydrogen (secondary N) is 1. The minimum atomic E-state index is -2.88. The molecule has 0 spiro atoms. The Morgan fingerprint density at radius 2 is 1.89 bits per heavy atom. The Hall–Kier alpha value is -0.870. The van der Waals surface area contributed by atoms with Crippen LogP contribution in [0.25, 0.3) is 0 Å². The van der Waals surface area contributed by atoms with E-state index in [1.807, 2.05) is 19.1 Å². The van der Waals surface area contributed by atoms with Crippen LogP contribution in [-0.4, -0.2) is 26.5 Å². The van der Waals surface area contributed by atoms with Gasteiger partial charge in [0.2, 0.25) is 0 Å². The van der Waals surface area contributed by atoms with Crippen molar-refractivity contribution in [2.45, 2.75) is 33.2 Å². The lowest BCUT2D eigenvalue weighted by Crippen LogP contribution is -2.27. The first-order valence-electron chi connectivity index (χ1n) is 6.45. The summed E-state index contributed by atoms with van der Waals surface area (Å²) < 4.78 is 23.2. The first-order chi connectivity index (χ1) is 8.46. The Balaban J connectivity index is 2.48. The minimum Gasteiger partial charge on any atom is -0.309 e. The molecule has 0 aromatic heterocycles. The second kappa shape index (κ2) is 6.90. The quantitative estimate of drug-likeness (QED) is 0.827. The summed E-state index contributed by atoms with van der Waals surface area (Å²) >= 11 is 0. The van der Waals surface area contributed by atoms with Crippen LogP contribution in [0.4, 0.5) is 0 Å². The molecule has 0 saturated heterocycles. The number of aryl methyl sites for hydroxylation is 1. The molecule has 18 heavy (non-hydrogen) atoms. The van der Waals surface area contributed by atoms with Gasteiger partial charge in [0.25, 0.3) is 0 Å². The number of hydrogen-bond acceptors (Lipinski definition) is 3. The molecule has 0 saturated carbocycles. The van der Waals surface area contributed by atoms with Crippen LogP contribution < -0.4 is 5.32 Å². The molecule has 0 radical (unpaired) electrons. The highest BCUT2D eigenvalue weighted by Gasteiger charge is 2.11. The summed E-state index contributed by atoms with van der Waals surface area (Å²) in [5.41, 5.74) is 2.46. The highest BCUT2D eigenvalue weighted by molar-refractivity contribution is 7.91. The van der Waals surface area contributed by atoms with Gasteiger partial charge in [0.1, 0.15) is 0 Å². The second-order valence-electron chi connectivity index (χ2n) is 4.68. The molecule has 4 heteroatoms. The first kappa shape index (κ1) is 15.2. The fourth-order valence-corrected chi connectivity index (χ4v) is 3.28. The zero-order valence-corrected chi connectivity index (χ0v) is 12.3. The summed E-state index contributed by atoms with van der Waals surface area (Å²) in [4.78, 5) is 0. The van der Waals surface area contributed by atoms with Gasteiger partial charge in [-0.1, -0.05) is 31.2 Å². The van der Waals surface area contributed by atoms with E-state index in [2.05, 4.69) is 31.3 Å². The van der Waals surface area contributed by atoms with E-state index in [-0.39, 0.29) is 17.5 Å². The van der Waals surface area contributed by atoms with Crippen molar-refractivity contribution in [2.24, 2.45) is 0 Å². The molecule has 1 rings (SSSR count). The zero-order chi connectivity index (χ0) is 13.6. The van der Waals surface area contributed by atoms with Gasteiger partial charge in [0.05, 0.1) is 5.75 Å². The van der Waals surface area contributed by atoms with Crippen molar-refractivity contribution in [1.29, 1.82) is 0 Å². The molecule has 3 nitrogen and oxygen atoms in total. The summed E-state index contributed by atoms with van der Waals surface area (Å²) in [6.07, 6.45) is 0.690. The summed E-state index contributed by atoms with van der Waals surface area (Å²) in [6.45, 7) is 6.54. The lowest BCUT2D eigenvalue weighted by Gasteiger charge is -2.16. The molecule has 0 fully saturated rings. The number of hydrogen-bond donors (Lipinski definition) is 1. The van der Waals surface area contributed by atoms with Crippen LogP contribution in [0.3, 0.4) is 0 Å². The van der Waals surface area contributed by atoms with Crippen LogP contribution in [0.15, 0.2) is 24.3 Å². The maximum absolute atomic E-state index is 11.6. The van der Waals surface area contributed by atoms with Gasteiger partial charge in [-0.15, -0.1) is 0 Å². The number of rotatable bonds is 7. The molecule has 1 aromatic rings. The Kier molecular flexibility index (Phi) is 5.82. The molecule has 0 aliphatic rings. The minimum absolute atomic E-state index is 0.183. The van der Waals surface area contributed by atoms with E-state index < -0.39 is 9.84 Å². The molecule has 0 heterocycles. The largest absolute Gasteiger partial charge is 0.309 e. The van der Waals surface area contributed by atoms with Gasteiger partial charge < -0.3 is 5.32 Å². The van der Waals surface area contributed by atoms with Crippen LogP contribution in [0.2, 0.25) is 0 Å². The van der Waals surface area contributed by atoms with Crippen molar-refractivity contribution in [3.63, 3.8) is 0 Å². The second-order valence-corrected chi connectivity index (χ2v) is 6.99. The third-order valence-electron chi connectivity index (χ3n) is 3.03. The Labute approximate surface area is 111 Å². The smallest absolute Gasteiger partial charge is 0.151 e. The first-order valence-corrected chi connectivity index (χ1v) is 8.27. The maximum Gasteiger partial charge on any atom is 0.151 e. The van der Waals surface area contributed by atoms with E-state index in [0.29, 0.717) is 13.0 Å². The highest BCUT2D eigenvalue weighted by Crippen LogP contribution is 2.16. The fraction of sp³-hybridized carbons (Fsp3) is 0.571. The van der Waals surface area contributed by atoms with Gasteiger partial charge >= 0.3 is 0 Å². The van der Waals surface area contributed by atoms with E-state index in [1.54, 1.807) is 0 Å². The molecule has 0 aliphatic carbocycles. The maximum atomic E-state index is 11.6. The molecule has 0 aliphatic heterocycles. The van der Waals surface area contributed by atoms with Crippen LogP contribution >= 0.6 is 0 Å². The van der Waals surface area contributed by atoms with Gasteiger partial charge in [-0.25, -0.2) is 8.42 Å². The number of benzene rings is 1. The Morgan fingerprint density at radius 3 is 2.50 bits per heavy atom. The van der Waals surface area contributed by atoms with Crippen LogP contribution in [0, 0.1) is 6.92 Å². The Morgan fingerprint density at radius 1 is 1.22 bits per heavy atom. The van der Waals surface area contributed by atoms with Gasteiger partial charge in [0, 0.05) is 18.3 Å². The number of sulfone groups is 1. The molecule has 0 amide bonds. The van der Waals surface area contributed by atoms with Gasteiger partial charge in [-0.05, 0) is 31.4 Å². The standard InChI is InChI=1S/C14H23NO2S/c1-4-10-18(16,17)11-9-15-13(3)14-8-6-5-7-12(14)2/h5-8,13,15H,4,9-11H2,1-3H3/t13-/m1/s1. The average molecular weight is 269 g/mol. The monoisotopic (exact) mass is 269 g/mol. The highest BCUT2D eigenvalue weighted by atomic mass is 32.2. The molecule has 1 atom stereocenters. The summed E-state index contributed by atoms with van der Waals surface area (Å²) in [7, 11) is -2.88. The van der Waals surface area contributed by atoms with Gasteiger partial charge in [0.15, 0.2) is 9.84 Å².